The van der Waals surface area contributed by atoms with E-state index in [1.807, 2.05) is 0 Å². The molecule has 4 aromatic rings. The second-order valence-electron chi connectivity index (χ2n) is 5.11. The van der Waals surface area contributed by atoms with Crippen molar-refractivity contribution < 1.29 is 13.5 Å². The van der Waals surface area contributed by atoms with Crippen LogP contribution in [-0.4, -0.2) is 7.11 Å². The lowest BCUT2D eigenvalue weighted by Crippen LogP contribution is -2.02. The summed E-state index contributed by atoms with van der Waals surface area (Å²) >= 11 is 0. The van der Waals surface area contributed by atoms with Crippen LogP contribution in [0.2, 0.25) is 0 Å². The molecule has 0 saturated heterocycles. The number of hydrogen-bond donors (Lipinski definition) is 0. The second kappa shape index (κ2) is 4.56. The van der Waals surface area contributed by atoms with Gasteiger partial charge in [-0.05, 0) is 47.2 Å². The fraction of sp³-hybridized carbons (Fsp3) is 0.0556. The minimum Gasteiger partial charge on any atom is -0.493 e. The fourth-order valence-electron chi connectivity index (χ4n) is 2.73. The van der Waals surface area contributed by atoms with E-state index in [1.165, 1.54) is 19.2 Å². The van der Waals surface area contributed by atoms with E-state index < -0.39 is 0 Å². The number of rotatable bonds is 1. The summed E-state index contributed by atoms with van der Waals surface area (Å²) in [5, 5.41) is 2.36. The predicted molar refractivity (Wildman–Crippen MR) is 84.0 cm³/mol. The number of para-hydroxylation sites is 1. The zero-order valence-electron chi connectivity index (χ0n) is 11.7. The van der Waals surface area contributed by atoms with Crippen LogP contribution in [0.3, 0.4) is 0 Å². The number of methoxy groups -OCH3 is 1. The van der Waals surface area contributed by atoms with E-state index in [4.69, 9.17) is 9.15 Å². The second-order valence-corrected chi connectivity index (χ2v) is 5.11. The van der Waals surface area contributed by atoms with Crippen LogP contribution in [0.4, 0.5) is 4.39 Å². The maximum absolute atomic E-state index is 13.4. The molecule has 3 aromatic carbocycles. The highest BCUT2D eigenvalue weighted by molar-refractivity contribution is 6.00. The van der Waals surface area contributed by atoms with Crippen molar-refractivity contribution in [3.05, 3.63) is 64.6 Å². The standard InChI is InChI=1S/C18H11FO3/c1-21-15-4-2-3-13-17(20)14-8-11-7-12(19)6-5-10(11)9-16(14)22-18(13)15/h2-9H,1H3. The molecule has 0 unspecified atom stereocenters. The van der Waals surface area contributed by atoms with Crippen LogP contribution in [0.1, 0.15) is 0 Å². The molecule has 0 fully saturated rings. The Morgan fingerprint density at radius 1 is 1.00 bits per heavy atom. The molecule has 0 atom stereocenters. The van der Waals surface area contributed by atoms with Gasteiger partial charge >= 0.3 is 0 Å². The molecule has 1 aromatic heterocycles. The quantitative estimate of drug-likeness (QED) is 0.493. The number of fused-ring (bicyclic) bond motifs is 3. The first-order valence-electron chi connectivity index (χ1n) is 6.80. The van der Waals surface area contributed by atoms with Gasteiger partial charge in [0.05, 0.1) is 17.9 Å². The summed E-state index contributed by atoms with van der Waals surface area (Å²) in [6, 6.07) is 13.0. The van der Waals surface area contributed by atoms with Gasteiger partial charge in [-0.1, -0.05) is 12.1 Å². The number of benzene rings is 3. The van der Waals surface area contributed by atoms with Crippen molar-refractivity contribution in [1.82, 2.24) is 0 Å². The van der Waals surface area contributed by atoms with Gasteiger partial charge < -0.3 is 9.15 Å². The van der Waals surface area contributed by atoms with Crippen molar-refractivity contribution in [3.8, 4) is 5.75 Å². The molecular weight excluding hydrogens is 283 g/mol. The average molecular weight is 294 g/mol. The molecule has 4 heteroatoms. The van der Waals surface area contributed by atoms with Crippen molar-refractivity contribution in [3.63, 3.8) is 0 Å². The van der Waals surface area contributed by atoms with E-state index in [9.17, 15) is 9.18 Å². The zero-order chi connectivity index (χ0) is 15.3. The van der Waals surface area contributed by atoms with Crippen LogP contribution in [0.25, 0.3) is 32.7 Å². The SMILES string of the molecule is COc1cccc2c(=O)c3cc4cc(F)ccc4cc3oc12. The molecule has 0 bridgehead atoms. The van der Waals surface area contributed by atoms with Gasteiger partial charge in [-0.25, -0.2) is 4.39 Å². The Kier molecular flexibility index (Phi) is 2.66. The van der Waals surface area contributed by atoms with E-state index in [2.05, 4.69) is 0 Å². The Bertz CT molecular complexity index is 1100. The number of halogens is 1. The van der Waals surface area contributed by atoms with Crippen molar-refractivity contribution in [2.24, 2.45) is 0 Å². The molecule has 0 aliphatic heterocycles. The molecule has 22 heavy (non-hydrogen) atoms. The maximum atomic E-state index is 13.4. The smallest absolute Gasteiger partial charge is 0.200 e. The van der Waals surface area contributed by atoms with Crippen LogP contribution in [0.15, 0.2) is 57.7 Å². The summed E-state index contributed by atoms with van der Waals surface area (Å²) in [6.45, 7) is 0. The van der Waals surface area contributed by atoms with E-state index in [-0.39, 0.29) is 11.2 Å². The van der Waals surface area contributed by atoms with E-state index in [0.29, 0.717) is 33.1 Å². The molecule has 0 aliphatic carbocycles. The first-order chi connectivity index (χ1) is 10.7. The van der Waals surface area contributed by atoms with E-state index in [1.54, 1.807) is 36.4 Å². The zero-order valence-corrected chi connectivity index (χ0v) is 11.7. The fourth-order valence-corrected chi connectivity index (χ4v) is 2.73. The molecule has 0 aliphatic rings. The summed E-state index contributed by atoms with van der Waals surface area (Å²) < 4.78 is 24.5. The van der Waals surface area contributed by atoms with Gasteiger partial charge in [0.15, 0.2) is 11.3 Å². The summed E-state index contributed by atoms with van der Waals surface area (Å²) in [7, 11) is 1.53. The first kappa shape index (κ1) is 12.8. The lowest BCUT2D eigenvalue weighted by molar-refractivity contribution is 0.411. The maximum Gasteiger partial charge on any atom is 0.200 e. The largest absolute Gasteiger partial charge is 0.493 e. The molecule has 3 nitrogen and oxygen atoms in total. The first-order valence-corrected chi connectivity index (χ1v) is 6.80. The third-order valence-corrected chi connectivity index (χ3v) is 3.80. The van der Waals surface area contributed by atoms with Gasteiger partial charge in [0.1, 0.15) is 11.4 Å². The van der Waals surface area contributed by atoms with Crippen molar-refractivity contribution in [1.29, 1.82) is 0 Å². The molecule has 0 radical (unpaired) electrons. The summed E-state index contributed by atoms with van der Waals surface area (Å²) in [6.07, 6.45) is 0. The summed E-state index contributed by atoms with van der Waals surface area (Å²) in [4.78, 5) is 12.7. The highest BCUT2D eigenvalue weighted by Gasteiger charge is 2.12. The lowest BCUT2D eigenvalue weighted by atomic mass is 10.1. The molecule has 0 N–H and O–H groups in total. The van der Waals surface area contributed by atoms with Crippen LogP contribution in [-0.2, 0) is 0 Å². The van der Waals surface area contributed by atoms with Gasteiger partial charge in [-0.2, -0.15) is 0 Å². The highest BCUT2D eigenvalue weighted by Crippen LogP contribution is 2.29. The Hall–Kier alpha value is -2.88. The molecule has 1 heterocycles. The Morgan fingerprint density at radius 2 is 1.86 bits per heavy atom. The predicted octanol–water partition coefficient (Wildman–Crippen LogP) is 4.25. The Labute approximate surface area is 124 Å². The molecular formula is C18H11FO3. The number of hydrogen-bond acceptors (Lipinski definition) is 3. The van der Waals surface area contributed by atoms with E-state index in [0.717, 1.165) is 5.39 Å². The monoisotopic (exact) mass is 294 g/mol. The summed E-state index contributed by atoms with van der Waals surface area (Å²) in [5.74, 6) is 0.175. The topological polar surface area (TPSA) is 39.4 Å². The van der Waals surface area contributed by atoms with Gasteiger partial charge in [0.25, 0.3) is 0 Å². The Morgan fingerprint density at radius 3 is 2.68 bits per heavy atom. The van der Waals surface area contributed by atoms with E-state index >= 15 is 0 Å². The van der Waals surface area contributed by atoms with Crippen molar-refractivity contribution in [2.75, 3.05) is 7.11 Å². The molecule has 0 saturated carbocycles. The van der Waals surface area contributed by atoms with Crippen molar-refractivity contribution in [2.45, 2.75) is 0 Å². The lowest BCUT2D eigenvalue weighted by Gasteiger charge is -2.07. The number of ether oxygens (including phenoxy) is 1. The van der Waals surface area contributed by atoms with Crippen LogP contribution in [0.5, 0.6) is 5.75 Å². The van der Waals surface area contributed by atoms with Crippen LogP contribution >= 0.6 is 0 Å². The highest BCUT2D eigenvalue weighted by atomic mass is 19.1. The molecule has 108 valence electrons. The minimum absolute atomic E-state index is 0.152. The van der Waals surface area contributed by atoms with Gasteiger partial charge in [-0.15, -0.1) is 0 Å². The molecule has 4 rings (SSSR count). The van der Waals surface area contributed by atoms with Gasteiger partial charge in [-0.3, -0.25) is 4.79 Å². The summed E-state index contributed by atoms with van der Waals surface area (Å²) in [5.41, 5.74) is 0.728. The Balaban J connectivity index is 2.22. The average Bonchev–Trinajstić information content (AvgIpc) is 2.53. The van der Waals surface area contributed by atoms with Gasteiger partial charge in [0, 0.05) is 0 Å². The van der Waals surface area contributed by atoms with Crippen LogP contribution in [0, 0.1) is 5.82 Å². The third-order valence-electron chi connectivity index (χ3n) is 3.80. The van der Waals surface area contributed by atoms with Crippen LogP contribution < -0.4 is 10.2 Å². The third kappa shape index (κ3) is 1.77. The molecule has 0 amide bonds. The van der Waals surface area contributed by atoms with Gasteiger partial charge in [0.2, 0.25) is 5.43 Å². The molecule has 0 spiro atoms. The van der Waals surface area contributed by atoms with Crippen molar-refractivity contribution >= 4 is 32.7 Å². The minimum atomic E-state index is -0.335. The normalized spacial score (nSPS) is 11.4.